The van der Waals surface area contributed by atoms with Gasteiger partial charge in [0.05, 0.1) is 6.10 Å². The van der Waals surface area contributed by atoms with Crippen LogP contribution in [0.4, 0.5) is 0 Å². The molecule has 0 radical (unpaired) electrons. The van der Waals surface area contributed by atoms with Crippen molar-refractivity contribution < 1.29 is 5.11 Å². The minimum Gasteiger partial charge on any atom is -0.392 e. The fourth-order valence-corrected chi connectivity index (χ4v) is 2.34. The van der Waals surface area contributed by atoms with Crippen molar-refractivity contribution in [1.82, 2.24) is 4.90 Å². The van der Waals surface area contributed by atoms with Crippen LogP contribution in [0, 0.1) is 5.92 Å². The van der Waals surface area contributed by atoms with E-state index in [9.17, 15) is 5.11 Å². The molecule has 1 aliphatic heterocycles. The lowest BCUT2D eigenvalue weighted by molar-refractivity contribution is 0.0574. The van der Waals surface area contributed by atoms with E-state index in [2.05, 4.69) is 18.7 Å². The summed E-state index contributed by atoms with van der Waals surface area (Å²) in [5.74, 6) is 0.721. The predicted molar refractivity (Wildman–Crippen MR) is 55.7 cm³/mol. The predicted octanol–water partition coefficient (Wildman–Crippen LogP) is 1.88. The van der Waals surface area contributed by atoms with E-state index in [0.29, 0.717) is 6.04 Å². The third-order valence-electron chi connectivity index (χ3n) is 2.93. The van der Waals surface area contributed by atoms with E-state index >= 15 is 0 Å². The Hall–Kier alpha value is -0.0800. The Bertz CT molecular complexity index is 145. The van der Waals surface area contributed by atoms with Gasteiger partial charge in [0.1, 0.15) is 0 Å². The molecule has 0 aromatic heterocycles. The summed E-state index contributed by atoms with van der Waals surface area (Å²) in [5.41, 5.74) is 0. The van der Waals surface area contributed by atoms with Gasteiger partial charge in [-0.3, -0.25) is 4.90 Å². The van der Waals surface area contributed by atoms with E-state index in [1.54, 1.807) is 0 Å². The van der Waals surface area contributed by atoms with Crippen molar-refractivity contribution >= 4 is 0 Å². The van der Waals surface area contributed by atoms with Crippen molar-refractivity contribution in [3.05, 3.63) is 0 Å². The Labute approximate surface area is 81.9 Å². The second-order valence-electron chi connectivity index (χ2n) is 4.65. The molecule has 1 N–H and O–H groups in total. The standard InChI is InChI=1S/C11H23NO/c1-9(2)11-6-4-5-7-12(11)8-10(3)13/h9-11,13H,4-8H2,1-3H3/t10-,11?/m1/s1. The smallest absolute Gasteiger partial charge is 0.0639 e. The summed E-state index contributed by atoms with van der Waals surface area (Å²) in [6.45, 7) is 8.47. The monoisotopic (exact) mass is 185 g/mol. The van der Waals surface area contributed by atoms with Gasteiger partial charge < -0.3 is 5.11 Å². The molecule has 0 aromatic carbocycles. The van der Waals surface area contributed by atoms with Gasteiger partial charge in [-0.1, -0.05) is 20.3 Å². The van der Waals surface area contributed by atoms with Crippen molar-refractivity contribution in [3.8, 4) is 0 Å². The molecule has 1 rings (SSSR count). The molecule has 0 amide bonds. The zero-order valence-corrected chi connectivity index (χ0v) is 9.16. The molecule has 1 aliphatic rings. The third-order valence-corrected chi connectivity index (χ3v) is 2.93. The van der Waals surface area contributed by atoms with Crippen LogP contribution < -0.4 is 0 Å². The van der Waals surface area contributed by atoms with Crippen LogP contribution in [0.1, 0.15) is 40.0 Å². The van der Waals surface area contributed by atoms with E-state index in [-0.39, 0.29) is 6.10 Å². The van der Waals surface area contributed by atoms with Crippen molar-refractivity contribution in [2.75, 3.05) is 13.1 Å². The van der Waals surface area contributed by atoms with Crippen LogP contribution in [-0.2, 0) is 0 Å². The lowest BCUT2D eigenvalue weighted by Gasteiger charge is -2.38. The SMILES string of the molecule is CC(C)C1CCCCN1C[C@@H](C)O. The maximum atomic E-state index is 9.36. The van der Waals surface area contributed by atoms with Crippen molar-refractivity contribution in [2.24, 2.45) is 5.92 Å². The quantitative estimate of drug-likeness (QED) is 0.725. The molecular formula is C11H23NO. The second kappa shape index (κ2) is 4.97. The lowest BCUT2D eigenvalue weighted by atomic mass is 9.92. The minimum absolute atomic E-state index is 0.181. The number of likely N-dealkylation sites (tertiary alicyclic amines) is 1. The Balaban J connectivity index is 2.46. The summed E-state index contributed by atoms with van der Waals surface area (Å²) in [7, 11) is 0. The molecule has 2 atom stereocenters. The van der Waals surface area contributed by atoms with Crippen LogP contribution in [0.25, 0.3) is 0 Å². The molecule has 1 fully saturated rings. The number of hydrogen-bond acceptors (Lipinski definition) is 2. The van der Waals surface area contributed by atoms with Gasteiger partial charge in [0.25, 0.3) is 0 Å². The summed E-state index contributed by atoms with van der Waals surface area (Å²) in [5, 5.41) is 9.36. The normalized spacial score (nSPS) is 27.9. The fourth-order valence-electron chi connectivity index (χ4n) is 2.34. The second-order valence-corrected chi connectivity index (χ2v) is 4.65. The highest BCUT2D eigenvalue weighted by Gasteiger charge is 2.25. The third kappa shape index (κ3) is 3.28. The number of hydrogen-bond donors (Lipinski definition) is 1. The van der Waals surface area contributed by atoms with Crippen LogP contribution in [-0.4, -0.2) is 35.2 Å². The minimum atomic E-state index is -0.181. The van der Waals surface area contributed by atoms with E-state index in [0.717, 1.165) is 12.5 Å². The summed E-state index contributed by atoms with van der Waals surface area (Å²) < 4.78 is 0. The first kappa shape index (κ1) is 11.0. The first-order valence-corrected chi connectivity index (χ1v) is 5.53. The van der Waals surface area contributed by atoms with E-state index in [4.69, 9.17) is 0 Å². The Morgan fingerprint density at radius 3 is 2.54 bits per heavy atom. The first-order valence-electron chi connectivity index (χ1n) is 5.53. The Morgan fingerprint density at radius 2 is 2.00 bits per heavy atom. The summed E-state index contributed by atoms with van der Waals surface area (Å²) in [6, 6.07) is 0.698. The average Bonchev–Trinajstić information content (AvgIpc) is 2.03. The molecule has 78 valence electrons. The molecule has 1 unspecified atom stereocenters. The maximum Gasteiger partial charge on any atom is 0.0639 e. The van der Waals surface area contributed by atoms with E-state index in [1.807, 2.05) is 6.92 Å². The maximum absolute atomic E-state index is 9.36. The molecule has 1 saturated heterocycles. The molecule has 0 aromatic rings. The highest BCUT2D eigenvalue weighted by molar-refractivity contribution is 4.80. The van der Waals surface area contributed by atoms with Crippen molar-refractivity contribution in [1.29, 1.82) is 0 Å². The molecule has 2 nitrogen and oxygen atoms in total. The van der Waals surface area contributed by atoms with E-state index < -0.39 is 0 Å². The molecule has 0 saturated carbocycles. The zero-order valence-electron chi connectivity index (χ0n) is 9.16. The number of rotatable bonds is 3. The van der Waals surface area contributed by atoms with Crippen molar-refractivity contribution in [2.45, 2.75) is 52.2 Å². The van der Waals surface area contributed by atoms with Crippen molar-refractivity contribution in [3.63, 3.8) is 0 Å². The summed E-state index contributed by atoms with van der Waals surface area (Å²) in [6.07, 6.45) is 3.79. The first-order chi connectivity index (χ1) is 6.11. The Kier molecular flexibility index (Phi) is 4.20. The number of nitrogens with zero attached hydrogens (tertiary/aromatic N) is 1. The van der Waals surface area contributed by atoms with Gasteiger partial charge in [0, 0.05) is 12.6 Å². The van der Waals surface area contributed by atoms with Crippen LogP contribution >= 0.6 is 0 Å². The number of piperidine rings is 1. The Morgan fingerprint density at radius 1 is 1.31 bits per heavy atom. The molecule has 1 heterocycles. The summed E-state index contributed by atoms with van der Waals surface area (Å²) >= 11 is 0. The highest BCUT2D eigenvalue weighted by atomic mass is 16.3. The van der Waals surface area contributed by atoms with Gasteiger partial charge in [-0.2, -0.15) is 0 Å². The van der Waals surface area contributed by atoms with Gasteiger partial charge in [0.2, 0.25) is 0 Å². The topological polar surface area (TPSA) is 23.5 Å². The van der Waals surface area contributed by atoms with Crippen LogP contribution in [0.15, 0.2) is 0 Å². The van der Waals surface area contributed by atoms with Gasteiger partial charge in [-0.05, 0) is 32.2 Å². The van der Waals surface area contributed by atoms with E-state index in [1.165, 1.54) is 25.8 Å². The molecular weight excluding hydrogens is 162 g/mol. The molecule has 13 heavy (non-hydrogen) atoms. The van der Waals surface area contributed by atoms with Gasteiger partial charge in [-0.25, -0.2) is 0 Å². The molecule has 0 bridgehead atoms. The number of aliphatic hydroxyl groups is 1. The van der Waals surface area contributed by atoms with Crippen LogP contribution in [0.5, 0.6) is 0 Å². The van der Waals surface area contributed by atoms with Crippen LogP contribution in [0.2, 0.25) is 0 Å². The number of β-amino-alcohol motifs (C(OH)–C–C–N with tert-alkyl or cyclic N) is 1. The fraction of sp³-hybridized carbons (Fsp3) is 1.00. The lowest BCUT2D eigenvalue weighted by Crippen LogP contribution is -2.45. The van der Waals surface area contributed by atoms with Crippen LogP contribution in [0.3, 0.4) is 0 Å². The van der Waals surface area contributed by atoms with Gasteiger partial charge >= 0.3 is 0 Å². The molecule has 2 heteroatoms. The molecule has 0 spiro atoms. The number of aliphatic hydroxyl groups excluding tert-OH is 1. The average molecular weight is 185 g/mol. The largest absolute Gasteiger partial charge is 0.392 e. The molecule has 0 aliphatic carbocycles. The highest BCUT2D eigenvalue weighted by Crippen LogP contribution is 2.22. The summed E-state index contributed by atoms with van der Waals surface area (Å²) in [4.78, 5) is 2.46. The van der Waals surface area contributed by atoms with Gasteiger partial charge in [-0.15, -0.1) is 0 Å². The van der Waals surface area contributed by atoms with Gasteiger partial charge in [0.15, 0.2) is 0 Å². The zero-order chi connectivity index (χ0) is 9.84.